The molecule has 114 valence electrons. The Kier molecular flexibility index (Phi) is 4.45. The van der Waals surface area contributed by atoms with Crippen molar-refractivity contribution < 1.29 is 14.7 Å². The number of carboxylic acid groups (broad SMARTS) is 1. The first-order chi connectivity index (χ1) is 9.94. The Bertz CT molecular complexity index is 549. The Balaban J connectivity index is 2.39. The van der Waals surface area contributed by atoms with Gasteiger partial charge in [-0.05, 0) is 31.9 Å². The van der Waals surface area contributed by atoms with E-state index < -0.39 is 17.4 Å². The van der Waals surface area contributed by atoms with E-state index in [9.17, 15) is 14.7 Å². The lowest BCUT2D eigenvalue weighted by atomic mass is 9.90. The summed E-state index contributed by atoms with van der Waals surface area (Å²) in [6.45, 7) is 1.79. The van der Waals surface area contributed by atoms with Crippen molar-refractivity contribution >= 4 is 17.7 Å². The summed E-state index contributed by atoms with van der Waals surface area (Å²) in [6, 6.07) is 3.27. The normalized spacial score (nSPS) is 17.8. The van der Waals surface area contributed by atoms with Crippen LogP contribution in [-0.4, -0.2) is 27.5 Å². The zero-order valence-electron chi connectivity index (χ0n) is 12.2. The predicted octanol–water partition coefficient (Wildman–Crippen LogP) is 2.08. The fourth-order valence-electron chi connectivity index (χ4n) is 2.80. The number of pyridine rings is 1. The van der Waals surface area contributed by atoms with Crippen LogP contribution in [-0.2, 0) is 4.79 Å². The maximum absolute atomic E-state index is 11.8. The SMILES string of the molecule is Cc1ccc(C(N)=O)c(NC2(C(=O)O)CCCCCC2)n1. The topological polar surface area (TPSA) is 105 Å². The van der Waals surface area contributed by atoms with Gasteiger partial charge in [0, 0.05) is 5.69 Å². The van der Waals surface area contributed by atoms with Gasteiger partial charge in [0.25, 0.3) is 5.91 Å². The molecule has 0 unspecified atom stereocenters. The highest BCUT2D eigenvalue weighted by Crippen LogP contribution is 2.31. The van der Waals surface area contributed by atoms with Crippen molar-refractivity contribution in [3.63, 3.8) is 0 Å². The van der Waals surface area contributed by atoms with Crippen molar-refractivity contribution in [2.45, 2.75) is 51.0 Å². The van der Waals surface area contributed by atoms with Gasteiger partial charge in [-0.15, -0.1) is 0 Å². The lowest BCUT2D eigenvalue weighted by molar-refractivity contribution is -0.142. The second kappa shape index (κ2) is 6.11. The number of hydrogen-bond acceptors (Lipinski definition) is 4. The number of carbonyl (C=O) groups is 2. The van der Waals surface area contributed by atoms with Gasteiger partial charge >= 0.3 is 5.97 Å². The number of carbonyl (C=O) groups excluding carboxylic acids is 1. The van der Waals surface area contributed by atoms with E-state index in [-0.39, 0.29) is 11.4 Å². The Hall–Kier alpha value is -2.11. The van der Waals surface area contributed by atoms with Crippen molar-refractivity contribution in [1.29, 1.82) is 0 Å². The molecule has 4 N–H and O–H groups in total. The predicted molar refractivity (Wildman–Crippen MR) is 79.2 cm³/mol. The fourth-order valence-corrected chi connectivity index (χ4v) is 2.80. The van der Waals surface area contributed by atoms with Gasteiger partial charge in [0.1, 0.15) is 11.4 Å². The Morgan fingerprint density at radius 3 is 2.38 bits per heavy atom. The highest BCUT2D eigenvalue weighted by Gasteiger charge is 2.39. The summed E-state index contributed by atoms with van der Waals surface area (Å²) in [5, 5.41) is 12.7. The van der Waals surface area contributed by atoms with Crippen LogP contribution < -0.4 is 11.1 Å². The Morgan fingerprint density at radius 2 is 1.86 bits per heavy atom. The molecule has 1 heterocycles. The molecule has 1 amide bonds. The summed E-state index contributed by atoms with van der Waals surface area (Å²) in [5.74, 6) is -1.24. The number of aromatic nitrogens is 1. The average Bonchev–Trinajstić information content (AvgIpc) is 2.65. The molecule has 6 nitrogen and oxygen atoms in total. The van der Waals surface area contributed by atoms with Crippen molar-refractivity contribution in [2.24, 2.45) is 5.73 Å². The van der Waals surface area contributed by atoms with Gasteiger partial charge in [-0.2, -0.15) is 0 Å². The average molecular weight is 291 g/mol. The lowest BCUT2D eigenvalue weighted by Gasteiger charge is -2.30. The number of aliphatic carboxylic acids is 1. The van der Waals surface area contributed by atoms with E-state index >= 15 is 0 Å². The van der Waals surface area contributed by atoms with E-state index in [0.29, 0.717) is 18.5 Å². The number of anilines is 1. The van der Waals surface area contributed by atoms with E-state index in [2.05, 4.69) is 10.3 Å². The van der Waals surface area contributed by atoms with Crippen LogP contribution in [0.25, 0.3) is 0 Å². The molecule has 1 saturated carbocycles. The van der Waals surface area contributed by atoms with Crippen LogP contribution in [0, 0.1) is 6.92 Å². The highest BCUT2D eigenvalue weighted by molar-refractivity contribution is 5.98. The molecule has 0 aromatic carbocycles. The second-order valence-electron chi connectivity index (χ2n) is 5.64. The maximum atomic E-state index is 11.8. The standard InChI is InChI=1S/C15H21N3O3/c1-10-6-7-11(12(16)19)13(17-10)18-15(14(20)21)8-4-2-3-5-9-15/h6-7H,2-5,8-9H2,1H3,(H2,16,19)(H,17,18)(H,20,21). The third kappa shape index (κ3) is 3.32. The molecule has 1 aliphatic rings. The van der Waals surface area contributed by atoms with Crippen LogP contribution in [0.2, 0.25) is 0 Å². The van der Waals surface area contributed by atoms with Gasteiger partial charge in [-0.25, -0.2) is 9.78 Å². The van der Waals surface area contributed by atoms with Crippen LogP contribution in [0.3, 0.4) is 0 Å². The summed E-state index contributed by atoms with van der Waals surface area (Å²) in [5.41, 5.74) is 5.22. The van der Waals surface area contributed by atoms with Gasteiger partial charge in [0.05, 0.1) is 5.56 Å². The van der Waals surface area contributed by atoms with Crippen LogP contribution in [0.1, 0.15) is 54.6 Å². The zero-order chi connectivity index (χ0) is 15.5. The molecule has 0 atom stereocenters. The number of rotatable bonds is 4. The maximum Gasteiger partial charge on any atom is 0.329 e. The summed E-state index contributed by atoms with van der Waals surface area (Å²) in [7, 11) is 0. The number of aryl methyl sites for hydroxylation is 1. The molecule has 0 saturated heterocycles. The molecule has 6 heteroatoms. The lowest BCUT2D eigenvalue weighted by Crippen LogP contribution is -2.46. The molecule has 2 rings (SSSR count). The first-order valence-electron chi connectivity index (χ1n) is 7.24. The Labute approximate surface area is 123 Å². The fraction of sp³-hybridized carbons (Fsp3) is 0.533. The summed E-state index contributed by atoms with van der Waals surface area (Å²) in [4.78, 5) is 27.6. The van der Waals surface area contributed by atoms with Crippen LogP contribution in [0.5, 0.6) is 0 Å². The number of nitrogens with one attached hydrogen (secondary N) is 1. The first kappa shape index (κ1) is 15.3. The molecule has 1 aliphatic carbocycles. The number of nitrogens with two attached hydrogens (primary N) is 1. The van der Waals surface area contributed by atoms with Crippen molar-refractivity contribution in [1.82, 2.24) is 4.98 Å². The minimum Gasteiger partial charge on any atom is -0.480 e. The van der Waals surface area contributed by atoms with Gasteiger partial charge in [-0.1, -0.05) is 25.7 Å². The van der Waals surface area contributed by atoms with E-state index in [1.165, 1.54) is 0 Å². The summed E-state index contributed by atoms with van der Waals surface area (Å²) >= 11 is 0. The zero-order valence-corrected chi connectivity index (χ0v) is 12.2. The molecular formula is C15H21N3O3. The Morgan fingerprint density at radius 1 is 1.24 bits per heavy atom. The molecule has 0 bridgehead atoms. The number of primary amides is 1. The minimum absolute atomic E-state index is 0.227. The van der Waals surface area contributed by atoms with E-state index in [1.54, 1.807) is 19.1 Å². The molecule has 1 aromatic rings. The summed E-state index contributed by atoms with van der Waals surface area (Å²) in [6.07, 6.45) is 4.79. The van der Waals surface area contributed by atoms with Crippen molar-refractivity contribution in [3.8, 4) is 0 Å². The van der Waals surface area contributed by atoms with Gasteiger partial charge < -0.3 is 16.2 Å². The van der Waals surface area contributed by atoms with Crippen molar-refractivity contribution in [3.05, 3.63) is 23.4 Å². The van der Waals surface area contributed by atoms with E-state index in [0.717, 1.165) is 25.7 Å². The third-order valence-corrected chi connectivity index (χ3v) is 4.02. The monoisotopic (exact) mass is 291 g/mol. The van der Waals surface area contributed by atoms with Crippen LogP contribution in [0.4, 0.5) is 5.82 Å². The molecule has 0 spiro atoms. The summed E-state index contributed by atoms with van der Waals surface area (Å²) < 4.78 is 0. The second-order valence-corrected chi connectivity index (χ2v) is 5.64. The molecule has 0 aliphatic heterocycles. The number of carboxylic acids is 1. The number of hydrogen-bond donors (Lipinski definition) is 3. The molecule has 21 heavy (non-hydrogen) atoms. The van der Waals surface area contributed by atoms with Gasteiger partial charge in [0.15, 0.2) is 0 Å². The van der Waals surface area contributed by atoms with Crippen LogP contribution in [0.15, 0.2) is 12.1 Å². The number of amides is 1. The number of nitrogens with zero attached hydrogens (tertiary/aromatic N) is 1. The smallest absolute Gasteiger partial charge is 0.329 e. The van der Waals surface area contributed by atoms with E-state index in [1.807, 2.05) is 0 Å². The van der Waals surface area contributed by atoms with Crippen LogP contribution >= 0.6 is 0 Å². The van der Waals surface area contributed by atoms with Crippen molar-refractivity contribution in [2.75, 3.05) is 5.32 Å². The molecule has 1 aromatic heterocycles. The van der Waals surface area contributed by atoms with Gasteiger partial charge in [0.2, 0.25) is 0 Å². The largest absolute Gasteiger partial charge is 0.480 e. The highest BCUT2D eigenvalue weighted by atomic mass is 16.4. The first-order valence-corrected chi connectivity index (χ1v) is 7.24. The molecule has 1 fully saturated rings. The van der Waals surface area contributed by atoms with Gasteiger partial charge in [-0.3, -0.25) is 4.79 Å². The molecule has 0 radical (unpaired) electrons. The quantitative estimate of drug-likeness (QED) is 0.736. The van der Waals surface area contributed by atoms with E-state index in [4.69, 9.17) is 5.73 Å². The minimum atomic E-state index is -1.07. The third-order valence-electron chi connectivity index (χ3n) is 4.02. The molecular weight excluding hydrogens is 270 g/mol.